The third kappa shape index (κ3) is 3.64. The predicted octanol–water partition coefficient (Wildman–Crippen LogP) is 3.80. The molecule has 4 heterocycles. The maximum atomic E-state index is 13.1. The largest absolute Gasteiger partial charge is 0.336 e. The molecule has 152 valence electrons. The summed E-state index contributed by atoms with van der Waals surface area (Å²) < 4.78 is 1.95. The number of hydrogen-bond acceptors (Lipinski definition) is 4. The van der Waals surface area contributed by atoms with E-state index < -0.39 is 0 Å². The third-order valence-corrected chi connectivity index (χ3v) is 5.88. The molecule has 1 aromatic carbocycles. The van der Waals surface area contributed by atoms with Crippen molar-refractivity contribution in [2.24, 2.45) is 0 Å². The lowest BCUT2D eigenvalue weighted by molar-refractivity contribution is 0.0626. The van der Waals surface area contributed by atoms with Crippen LogP contribution in [0.4, 0.5) is 0 Å². The van der Waals surface area contributed by atoms with Gasteiger partial charge in [-0.1, -0.05) is 29.8 Å². The van der Waals surface area contributed by atoms with E-state index in [1.54, 1.807) is 0 Å². The average Bonchev–Trinajstić information content (AvgIpc) is 3.14. The summed E-state index contributed by atoms with van der Waals surface area (Å²) in [5.41, 5.74) is 4.29. The highest BCUT2D eigenvalue weighted by Crippen LogP contribution is 2.19. The number of nitrogens with zero attached hydrogens (tertiary/aromatic N) is 5. The number of amides is 1. The number of aromatic nitrogens is 3. The first-order valence-corrected chi connectivity index (χ1v) is 10.5. The number of piperazine rings is 1. The number of halogens is 1. The van der Waals surface area contributed by atoms with Crippen LogP contribution in [0.3, 0.4) is 0 Å². The molecule has 0 N–H and O–H groups in total. The molecule has 1 fully saturated rings. The minimum Gasteiger partial charge on any atom is -0.336 e. The smallest absolute Gasteiger partial charge is 0.255 e. The second-order valence-corrected chi connectivity index (χ2v) is 8.16. The molecule has 0 spiro atoms. The zero-order valence-corrected chi connectivity index (χ0v) is 17.5. The van der Waals surface area contributed by atoms with E-state index >= 15 is 0 Å². The number of benzene rings is 1. The molecule has 3 aromatic heterocycles. The van der Waals surface area contributed by atoms with Gasteiger partial charge >= 0.3 is 0 Å². The summed E-state index contributed by atoms with van der Waals surface area (Å²) >= 11 is 6.06. The number of aryl methyl sites for hydroxylation is 1. The Morgan fingerprint density at radius 1 is 1.03 bits per heavy atom. The Morgan fingerprint density at radius 3 is 2.67 bits per heavy atom. The second-order valence-electron chi connectivity index (χ2n) is 7.73. The van der Waals surface area contributed by atoms with Crippen molar-refractivity contribution < 1.29 is 4.79 Å². The molecule has 0 saturated carbocycles. The summed E-state index contributed by atoms with van der Waals surface area (Å²) in [5, 5.41) is 1.69. The van der Waals surface area contributed by atoms with E-state index in [0.717, 1.165) is 47.6 Å². The summed E-state index contributed by atoms with van der Waals surface area (Å²) in [5.74, 6) is 0.0628. The van der Waals surface area contributed by atoms with E-state index in [0.29, 0.717) is 23.7 Å². The van der Waals surface area contributed by atoms with E-state index in [1.165, 1.54) is 0 Å². The number of rotatable bonds is 3. The average molecular weight is 420 g/mol. The maximum Gasteiger partial charge on any atom is 0.255 e. The molecule has 1 amide bonds. The molecule has 0 bridgehead atoms. The highest BCUT2D eigenvalue weighted by atomic mass is 35.5. The first-order chi connectivity index (χ1) is 14.6. The Bertz CT molecular complexity index is 1240. The van der Waals surface area contributed by atoms with Gasteiger partial charge in [0.15, 0.2) is 0 Å². The highest BCUT2D eigenvalue weighted by molar-refractivity contribution is 6.30. The van der Waals surface area contributed by atoms with Gasteiger partial charge in [-0.2, -0.15) is 0 Å². The summed E-state index contributed by atoms with van der Waals surface area (Å²) in [6, 6.07) is 13.6. The predicted molar refractivity (Wildman–Crippen MR) is 118 cm³/mol. The SMILES string of the molecule is Cc1nc2ccccc2cc1C(=O)N1CCN(Cc2cn3cc(Cl)ccc3n2)CC1. The lowest BCUT2D eigenvalue weighted by Gasteiger charge is -2.34. The minimum absolute atomic E-state index is 0.0628. The second kappa shape index (κ2) is 7.70. The van der Waals surface area contributed by atoms with Gasteiger partial charge in [-0.3, -0.25) is 14.7 Å². The Hall–Kier alpha value is -2.96. The monoisotopic (exact) mass is 419 g/mol. The molecule has 30 heavy (non-hydrogen) atoms. The van der Waals surface area contributed by atoms with Gasteiger partial charge in [-0.25, -0.2) is 4.98 Å². The van der Waals surface area contributed by atoms with Crippen LogP contribution < -0.4 is 0 Å². The van der Waals surface area contributed by atoms with E-state index in [-0.39, 0.29) is 5.91 Å². The quantitative estimate of drug-likeness (QED) is 0.506. The number of carbonyl (C=O) groups is 1. The van der Waals surface area contributed by atoms with E-state index in [9.17, 15) is 4.79 Å². The number of pyridine rings is 2. The molecule has 5 rings (SSSR count). The maximum absolute atomic E-state index is 13.1. The third-order valence-electron chi connectivity index (χ3n) is 5.65. The van der Waals surface area contributed by atoms with Gasteiger partial charge in [-0.05, 0) is 31.2 Å². The molecule has 1 aliphatic heterocycles. The summed E-state index contributed by atoms with van der Waals surface area (Å²) in [6.07, 6.45) is 3.88. The van der Waals surface area contributed by atoms with Crippen molar-refractivity contribution in [2.45, 2.75) is 13.5 Å². The van der Waals surface area contributed by atoms with E-state index in [1.807, 2.05) is 71.1 Å². The molecule has 1 saturated heterocycles. The van der Waals surface area contributed by atoms with Gasteiger partial charge in [0, 0.05) is 50.5 Å². The van der Waals surface area contributed by atoms with Crippen LogP contribution in [0.15, 0.2) is 54.9 Å². The lowest BCUT2D eigenvalue weighted by Crippen LogP contribution is -2.48. The number of imidazole rings is 1. The van der Waals surface area contributed by atoms with Crippen molar-refractivity contribution in [2.75, 3.05) is 26.2 Å². The van der Waals surface area contributed by atoms with Crippen LogP contribution in [0.25, 0.3) is 16.6 Å². The zero-order valence-electron chi connectivity index (χ0n) is 16.8. The van der Waals surface area contributed by atoms with Crippen LogP contribution in [0.1, 0.15) is 21.7 Å². The molecule has 0 unspecified atom stereocenters. The number of fused-ring (bicyclic) bond motifs is 2. The lowest BCUT2D eigenvalue weighted by atomic mass is 10.1. The molecule has 6 nitrogen and oxygen atoms in total. The van der Waals surface area contributed by atoms with Crippen molar-refractivity contribution in [3.8, 4) is 0 Å². The van der Waals surface area contributed by atoms with Crippen molar-refractivity contribution in [1.29, 1.82) is 0 Å². The topological polar surface area (TPSA) is 53.7 Å². The number of carbonyl (C=O) groups excluding carboxylic acids is 1. The zero-order chi connectivity index (χ0) is 20.7. The number of hydrogen-bond donors (Lipinski definition) is 0. The van der Waals surface area contributed by atoms with Crippen molar-refractivity contribution in [3.63, 3.8) is 0 Å². The van der Waals surface area contributed by atoms with Crippen molar-refractivity contribution in [1.82, 2.24) is 24.2 Å². The molecule has 0 aliphatic carbocycles. The van der Waals surface area contributed by atoms with Crippen LogP contribution in [-0.4, -0.2) is 56.3 Å². The number of para-hydroxylation sites is 1. The fraction of sp³-hybridized carbons (Fsp3) is 0.261. The van der Waals surface area contributed by atoms with Gasteiger partial charge in [0.25, 0.3) is 5.91 Å². The Balaban J connectivity index is 1.26. The fourth-order valence-electron chi connectivity index (χ4n) is 4.03. The van der Waals surface area contributed by atoms with Gasteiger partial charge in [0.05, 0.1) is 27.5 Å². The molecule has 1 aliphatic rings. The van der Waals surface area contributed by atoms with Gasteiger partial charge < -0.3 is 9.30 Å². The van der Waals surface area contributed by atoms with Gasteiger partial charge in [0.2, 0.25) is 0 Å². The van der Waals surface area contributed by atoms with Crippen LogP contribution in [0.2, 0.25) is 5.02 Å². The highest BCUT2D eigenvalue weighted by Gasteiger charge is 2.24. The first-order valence-electron chi connectivity index (χ1n) is 10.1. The Morgan fingerprint density at radius 2 is 1.83 bits per heavy atom. The Kier molecular flexibility index (Phi) is 4.89. The molecule has 7 heteroatoms. The molecule has 4 aromatic rings. The summed E-state index contributed by atoms with van der Waals surface area (Å²) in [7, 11) is 0. The van der Waals surface area contributed by atoms with Gasteiger partial charge in [0.1, 0.15) is 5.65 Å². The molecular weight excluding hydrogens is 398 g/mol. The van der Waals surface area contributed by atoms with E-state index in [2.05, 4.69) is 14.9 Å². The molecular formula is C23H22ClN5O. The van der Waals surface area contributed by atoms with Crippen molar-refractivity contribution >= 4 is 34.1 Å². The summed E-state index contributed by atoms with van der Waals surface area (Å²) in [6.45, 7) is 5.71. The van der Waals surface area contributed by atoms with Crippen LogP contribution >= 0.6 is 11.6 Å². The van der Waals surface area contributed by atoms with Crippen LogP contribution in [0.5, 0.6) is 0 Å². The minimum atomic E-state index is 0.0628. The normalized spacial score (nSPS) is 15.2. The first kappa shape index (κ1) is 19.0. The molecule has 0 radical (unpaired) electrons. The standard InChI is InChI=1S/C23H22ClN5O/c1-16-20(12-17-4-2-3-5-21(17)25-16)23(30)28-10-8-27(9-11-28)14-19-15-29-13-18(24)6-7-22(29)26-19/h2-7,12-13,15H,8-11,14H2,1H3. The van der Waals surface area contributed by atoms with Crippen LogP contribution in [-0.2, 0) is 6.54 Å². The van der Waals surface area contributed by atoms with Crippen LogP contribution in [0, 0.1) is 6.92 Å². The van der Waals surface area contributed by atoms with E-state index in [4.69, 9.17) is 11.6 Å². The fourth-order valence-corrected chi connectivity index (χ4v) is 4.20. The molecule has 0 atom stereocenters. The van der Waals surface area contributed by atoms with Gasteiger partial charge in [-0.15, -0.1) is 0 Å². The summed E-state index contributed by atoms with van der Waals surface area (Å²) in [4.78, 5) is 26.7. The Labute approximate surface area is 179 Å². The van der Waals surface area contributed by atoms with Crippen molar-refractivity contribution in [3.05, 3.63) is 76.8 Å².